The second-order valence-electron chi connectivity index (χ2n) is 21.1. The Morgan fingerprint density at radius 3 is 1.33 bits per heavy atom. The monoisotopic (exact) mass is 1000 g/mol. The molecule has 9 nitrogen and oxygen atoms in total. The van der Waals surface area contributed by atoms with E-state index in [0.29, 0.717) is 17.4 Å². The van der Waals surface area contributed by atoms with E-state index in [4.69, 9.17) is 13.8 Å². The van der Waals surface area contributed by atoms with E-state index in [1.165, 1.54) is 141 Å². The number of unbranched alkanes of at least 4 members (excludes halogenated alkanes) is 31. The minimum atomic E-state index is -4.70. The van der Waals surface area contributed by atoms with Crippen molar-refractivity contribution in [3.05, 3.63) is 48.6 Å². The number of carbonyl (C=O) groups is 2. The zero-order chi connectivity index (χ0) is 51.5. The predicted octanol–water partition coefficient (Wildman–Crippen LogP) is 17.1. The Balaban J connectivity index is 5.31. The molecule has 0 aromatic rings. The molecule has 0 aromatic heterocycles. The van der Waals surface area contributed by atoms with E-state index in [2.05, 4.69) is 62.5 Å². The molecule has 0 bridgehead atoms. The molecule has 3 atom stereocenters. The molecule has 0 aliphatic rings. The van der Waals surface area contributed by atoms with Gasteiger partial charge in [0.15, 0.2) is 0 Å². The highest BCUT2D eigenvalue weighted by Gasteiger charge is 2.27. The normalized spacial score (nSPS) is 14.1. The molecule has 0 aliphatic carbocycles. The van der Waals surface area contributed by atoms with Crippen LogP contribution in [0.15, 0.2) is 48.6 Å². The van der Waals surface area contributed by atoms with Gasteiger partial charge in [0.05, 0.1) is 33.8 Å². The van der Waals surface area contributed by atoms with Gasteiger partial charge in [-0.3, -0.25) is 14.2 Å². The molecule has 0 saturated heterocycles. The van der Waals surface area contributed by atoms with Gasteiger partial charge >= 0.3 is 5.97 Å². The van der Waals surface area contributed by atoms with Gasteiger partial charge in [-0.15, -0.1) is 0 Å². The molecule has 3 unspecified atom stereocenters. The van der Waals surface area contributed by atoms with E-state index in [1.807, 2.05) is 33.3 Å². The Hall–Kier alpha value is -2.03. The van der Waals surface area contributed by atoms with E-state index in [-0.39, 0.29) is 24.9 Å². The maximum Gasteiger partial charge on any atom is 0.306 e. The largest absolute Gasteiger partial charge is 0.756 e. The van der Waals surface area contributed by atoms with Gasteiger partial charge in [-0.1, -0.05) is 217 Å². The number of ether oxygens (including phenoxy) is 1. The number of phosphoric ester groups is 1. The number of nitrogens with one attached hydrogen (secondary N) is 1. The summed E-state index contributed by atoms with van der Waals surface area (Å²) in [6.07, 6.45) is 60.7. The molecular formula is C60H113N2O7P. The van der Waals surface area contributed by atoms with Gasteiger partial charge in [-0.2, -0.15) is 0 Å². The van der Waals surface area contributed by atoms with Crippen LogP contribution in [0.4, 0.5) is 0 Å². The molecule has 1 N–H and O–H groups in total. The van der Waals surface area contributed by atoms with Gasteiger partial charge in [0.1, 0.15) is 19.3 Å². The lowest BCUT2D eigenvalue weighted by molar-refractivity contribution is -0.870. The minimum Gasteiger partial charge on any atom is -0.756 e. The Bertz CT molecular complexity index is 1340. The van der Waals surface area contributed by atoms with E-state index < -0.39 is 26.6 Å². The van der Waals surface area contributed by atoms with Crippen molar-refractivity contribution in [2.24, 2.45) is 0 Å². The van der Waals surface area contributed by atoms with Gasteiger partial charge in [-0.25, -0.2) is 0 Å². The number of quaternary nitrogens is 1. The molecule has 1 amide bonds. The number of nitrogens with zero attached hydrogens (tertiary/aromatic N) is 1. The van der Waals surface area contributed by atoms with Gasteiger partial charge in [-0.05, 0) is 89.5 Å². The number of hydrogen-bond acceptors (Lipinski definition) is 7. The highest BCUT2D eigenvalue weighted by molar-refractivity contribution is 7.45. The molecule has 70 heavy (non-hydrogen) atoms. The molecule has 0 spiro atoms. The molecule has 0 aromatic carbocycles. The van der Waals surface area contributed by atoms with Crippen LogP contribution in [-0.4, -0.2) is 69.4 Å². The third kappa shape index (κ3) is 50.9. The number of rotatable bonds is 53. The van der Waals surface area contributed by atoms with Crippen LogP contribution in [0.2, 0.25) is 0 Å². The van der Waals surface area contributed by atoms with Crippen LogP contribution in [0, 0.1) is 0 Å². The number of allylic oxidation sites excluding steroid dienone is 7. The third-order valence-corrected chi connectivity index (χ3v) is 13.9. The summed E-state index contributed by atoms with van der Waals surface area (Å²) < 4.78 is 30.2. The first-order valence-electron chi connectivity index (χ1n) is 29.4. The molecule has 0 radical (unpaired) electrons. The van der Waals surface area contributed by atoms with Crippen molar-refractivity contribution in [2.45, 2.75) is 283 Å². The average Bonchev–Trinajstić information content (AvgIpc) is 3.32. The lowest BCUT2D eigenvalue weighted by Crippen LogP contribution is -2.47. The van der Waals surface area contributed by atoms with E-state index in [9.17, 15) is 19.0 Å². The topological polar surface area (TPSA) is 114 Å². The van der Waals surface area contributed by atoms with Crippen molar-refractivity contribution in [3.63, 3.8) is 0 Å². The molecule has 10 heteroatoms. The minimum absolute atomic E-state index is 0.0252. The summed E-state index contributed by atoms with van der Waals surface area (Å²) in [7, 11) is 1.18. The van der Waals surface area contributed by atoms with Crippen LogP contribution in [0.5, 0.6) is 0 Å². The molecule has 0 fully saturated rings. The number of phosphoric acid groups is 1. The Morgan fingerprint density at radius 1 is 0.500 bits per heavy atom. The van der Waals surface area contributed by atoms with Crippen molar-refractivity contribution in [2.75, 3.05) is 40.9 Å². The number of amides is 1. The first kappa shape index (κ1) is 68.0. The maximum atomic E-state index is 13.5. The quantitative estimate of drug-likeness (QED) is 0.0212. The van der Waals surface area contributed by atoms with E-state index >= 15 is 0 Å². The van der Waals surface area contributed by atoms with Gasteiger partial charge in [0.2, 0.25) is 5.91 Å². The first-order valence-corrected chi connectivity index (χ1v) is 30.9. The van der Waals surface area contributed by atoms with Crippen molar-refractivity contribution < 1.29 is 37.3 Å². The zero-order valence-corrected chi connectivity index (χ0v) is 47.6. The fourth-order valence-corrected chi connectivity index (χ4v) is 9.09. The summed E-state index contributed by atoms with van der Waals surface area (Å²) in [6.45, 7) is 6.81. The van der Waals surface area contributed by atoms with E-state index in [1.54, 1.807) is 0 Å². The smallest absolute Gasteiger partial charge is 0.306 e. The van der Waals surface area contributed by atoms with Crippen LogP contribution >= 0.6 is 7.82 Å². The number of esters is 1. The summed E-state index contributed by atoms with van der Waals surface area (Å²) in [5.74, 6) is -0.556. The highest BCUT2D eigenvalue weighted by atomic mass is 31.2. The zero-order valence-electron chi connectivity index (χ0n) is 46.7. The Kier molecular flexibility index (Phi) is 49.0. The van der Waals surface area contributed by atoms with Gasteiger partial charge in [0.25, 0.3) is 7.82 Å². The van der Waals surface area contributed by atoms with Gasteiger partial charge in [0, 0.05) is 12.8 Å². The Morgan fingerprint density at radius 2 is 0.871 bits per heavy atom. The molecule has 410 valence electrons. The summed E-state index contributed by atoms with van der Waals surface area (Å²) in [5, 5.41) is 3.02. The molecule has 0 rings (SSSR count). The fourth-order valence-electron chi connectivity index (χ4n) is 8.37. The SMILES string of the molecule is CCCCC/C=C\C/C=C\CCCCCCCCCC(=O)OC(/C=C/CCCCCCCCCCC)C(COP(=O)([O-])OCC[N+](C)(C)C)NC(=O)CCCCCCC/C=C/CCCCCCCCC. The second-order valence-corrected chi connectivity index (χ2v) is 22.6. The predicted molar refractivity (Wildman–Crippen MR) is 298 cm³/mol. The highest BCUT2D eigenvalue weighted by Crippen LogP contribution is 2.38. The summed E-state index contributed by atoms with van der Waals surface area (Å²) in [6, 6.07) is -0.894. The third-order valence-electron chi connectivity index (χ3n) is 13.0. The Labute approximate surface area is 433 Å². The van der Waals surface area contributed by atoms with Crippen LogP contribution in [0.3, 0.4) is 0 Å². The lowest BCUT2D eigenvalue weighted by atomic mass is 10.1. The van der Waals surface area contributed by atoms with Gasteiger partial charge < -0.3 is 28.5 Å². The first-order chi connectivity index (χ1) is 33.9. The number of hydrogen-bond donors (Lipinski definition) is 1. The second kappa shape index (κ2) is 50.5. The maximum absolute atomic E-state index is 13.5. The van der Waals surface area contributed by atoms with Crippen molar-refractivity contribution in [3.8, 4) is 0 Å². The molecule has 0 heterocycles. The van der Waals surface area contributed by atoms with Crippen LogP contribution in [0.1, 0.15) is 271 Å². The molecule has 0 aliphatic heterocycles. The van der Waals surface area contributed by atoms with Crippen LogP contribution in [0.25, 0.3) is 0 Å². The average molecular weight is 1010 g/mol. The van der Waals surface area contributed by atoms with Crippen LogP contribution < -0.4 is 10.2 Å². The fraction of sp³-hybridized carbons (Fsp3) is 0.833. The standard InChI is InChI=1S/C60H113N2O7P/c1-7-10-13-16-19-22-25-27-29-31-33-35-38-41-44-47-50-53-60(64)69-58(51-48-45-42-39-36-24-21-18-15-12-9-3)57(56-68-70(65,66)67-55-54-62(4,5)6)61-59(63)52-49-46-43-40-37-34-32-30-28-26-23-20-17-14-11-8-2/h19,22,27,29-30,32,48,51,57-58H,7-18,20-21,23-26,28,31,33-47,49-50,52-56H2,1-6H3,(H-,61,63,65,66)/b22-19-,29-27-,32-30+,51-48+. The summed E-state index contributed by atoms with van der Waals surface area (Å²) >= 11 is 0. The number of carbonyl (C=O) groups excluding carboxylic acids is 2. The lowest BCUT2D eigenvalue weighted by Gasteiger charge is -2.30. The number of likely N-dealkylation sites (N-methyl/N-ethyl adjacent to an activating group) is 1. The molecule has 0 saturated carbocycles. The summed E-state index contributed by atoms with van der Waals surface area (Å²) in [4.78, 5) is 39.9. The molecular weight excluding hydrogens is 892 g/mol. The summed E-state index contributed by atoms with van der Waals surface area (Å²) in [5.41, 5.74) is 0. The van der Waals surface area contributed by atoms with Crippen LogP contribution in [-0.2, 0) is 27.9 Å². The van der Waals surface area contributed by atoms with Crippen molar-refractivity contribution >= 4 is 19.7 Å². The van der Waals surface area contributed by atoms with Crippen molar-refractivity contribution in [1.82, 2.24) is 5.32 Å². The van der Waals surface area contributed by atoms with E-state index in [0.717, 1.165) is 96.3 Å². The van der Waals surface area contributed by atoms with Crippen molar-refractivity contribution in [1.29, 1.82) is 0 Å².